The Balaban J connectivity index is 2.16. The maximum absolute atomic E-state index is 12.0. The van der Waals surface area contributed by atoms with Crippen molar-refractivity contribution in [3.8, 4) is 0 Å². The van der Waals surface area contributed by atoms with Crippen molar-refractivity contribution in [2.24, 2.45) is 0 Å². The molecule has 1 aliphatic rings. The van der Waals surface area contributed by atoms with Gasteiger partial charge < -0.3 is 5.73 Å². The summed E-state index contributed by atoms with van der Waals surface area (Å²) in [6.45, 7) is -1.11. The topological polar surface area (TPSA) is 43.8 Å². The zero-order chi connectivity index (χ0) is 10.3. The maximum atomic E-state index is 12.0. The lowest BCUT2D eigenvalue weighted by molar-refractivity contribution is -0.142. The molecule has 0 aromatic carbocycles. The summed E-state index contributed by atoms with van der Waals surface area (Å²) in [6.07, 6.45) is -2.26. The van der Waals surface area contributed by atoms with E-state index in [1.807, 2.05) is 0 Å². The molecule has 0 bridgehead atoms. The number of hydrogen-bond acceptors (Lipinski definition) is 2. The third-order valence-electron chi connectivity index (χ3n) is 2.15. The third kappa shape index (κ3) is 2.00. The monoisotopic (exact) mass is 205 g/mol. The molecule has 1 fully saturated rings. The molecule has 0 radical (unpaired) electrons. The highest BCUT2D eigenvalue weighted by Crippen LogP contribution is 2.39. The second-order valence-electron chi connectivity index (χ2n) is 3.54. The Bertz CT molecular complexity index is 338. The number of hydrogen-bond donors (Lipinski definition) is 1. The molecule has 78 valence electrons. The van der Waals surface area contributed by atoms with E-state index in [0.29, 0.717) is 11.6 Å². The van der Waals surface area contributed by atoms with Crippen LogP contribution >= 0.6 is 0 Å². The average Bonchev–Trinajstić information content (AvgIpc) is 2.77. The number of halogens is 3. The standard InChI is InChI=1S/C8H10F3N3/c9-8(10,11)4-14-7(12)3-6(13-14)5-1-2-5/h3,5H,1-2,4,12H2. The van der Waals surface area contributed by atoms with Gasteiger partial charge in [0.15, 0.2) is 0 Å². The van der Waals surface area contributed by atoms with Gasteiger partial charge in [-0.3, -0.25) is 0 Å². The molecule has 1 saturated carbocycles. The molecular weight excluding hydrogens is 195 g/mol. The molecular formula is C8H10F3N3. The van der Waals surface area contributed by atoms with Crippen LogP contribution < -0.4 is 5.73 Å². The van der Waals surface area contributed by atoms with E-state index >= 15 is 0 Å². The molecule has 0 spiro atoms. The molecule has 0 atom stereocenters. The zero-order valence-corrected chi connectivity index (χ0v) is 7.38. The van der Waals surface area contributed by atoms with Gasteiger partial charge in [0.2, 0.25) is 0 Å². The van der Waals surface area contributed by atoms with E-state index in [1.165, 1.54) is 6.07 Å². The van der Waals surface area contributed by atoms with Crippen molar-refractivity contribution in [3.63, 3.8) is 0 Å². The minimum atomic E-state index is -4.26. The number of anilines is 1. The molecule has 0 aliphatic heterocycles. The lowest BCUT2D eigenvalue weighted by Crippen LogP contribution is -2.20. The van der Waals surface area contributed by atoms with Crippen LogP contribution in [-0.2, 0) is 6.54 Å². The quantitative estimate of drug-likeness (QED) is 0.801. The smallest absolute Gasteiger partial charge is 0.384 e. The second kappa shape index (κ2) is 2.90. The van der Waals surface area contributed by atoms with Crippen molar-refractivity contribution in [1.82, 2.24) is 9.78 Å². The fourth-order valence-corrected chi connectivity index (χ4v) is 1.33. The van der Waals surface area contributed by atoms with Crippen molar-refractivity contribution in [1.29, 1.82) is 0 Å². The summed E-state index contributed by atoms with van der Waals surface area (Å²) in [5, 5.41) is 3.83. The van der Waals surface area contributed by atoms with Crippen LogP contribution in [-0.4, -0.2) is 16.0 Å². The number of nitrogens with two attached hydrogens (primary N) is 1. The van der Waals surface area contributed by atoms with Crippen LogP contribution in [0.25, 0.3) is 0 Å². The minimum absolute atomic E-state index is 0.0872. The minimum Gasteiger partial charge on any atom is -0.384 e. The van der Waals surface area contributed by atoms with Gasteiger partial charge in [-0.05, 0) is 12.8 Å². The van der Waals surface area contributed by atoms with Gasteiger partial charge in [-0.15, -0.1) is 0 Å². The van der Waals surface area contributed by atoms with E-state index in [0.717, 1.165) is 17.5 Å². The summed E-state index contributed by atoms with van der Waals surface area (Å²) in [7, 11) is 0. The summed E-state index contributed by atoms with van der Waals surface area (Å²) in [5.74, 6) is 0.413. The molecule has 0 saturated heterocycles. The van der Waals surface area contributed by atoms with E-state index < -0.39 is 12.7 Å². The highest BCUT2D eigenvalue weighted by atomic mass is 19.4. The van der Waals surface area contributed by atoms with Crippen LogP contribution in [0.1, 0.15) is 24.5 Å². The van der Waals surface area contributed by atoms with Gasteiger partial charge >= 0.3 is 6.18 Å². The maximum Gasteiger partial charge on any atom is 0.408 e. The van der Waals surface area contributed by atoms with Crippen LogP contribution in [0.4, 0.5) is 19.0 Å². The van der Waals surface area contributed by atoms with E-state index in [2.05, 4.69) is 5.10 Å². The van der Waals surface area contributed by atoms with Crippen LogP contribution in [0.2, 0.25) is 0 Å². The fraction of sp³-hybridized carbons (Fsp3) is 0.625. The fourth-order valence-electron chi connectivity index (χ4n) is 1.33. The largest absolute Gasteiger partial charge is 0.408 e. The number of alkyl halides is 3. The number of nitrogens with zero attached hydrogens (tertiary/aromatic N) is 2. The van der Waals surface area contributed by atoms with Gasteiger partial charge in [-0.1, -0.05) is 0 Å². The Hall–Kier alpha value is -1.20. The van der Waals surface area contributed by atoms with E-state index in [1.54, 1.807) is 0 Å². The first-order chi connectivity index (χ1) is 6.46. The van der Waals surface area contributed by atoms with E-state index in [4.69, 9.17) is 5.73 Å². The van der Waals surface area contributed by atoms with Crippen molar-refractivity contribution < 1.29 is 13.2 Å². The summed E-state index contributed by atoms with van der Waals surface area (Å²) in [5.41, 5.74) is 6.10. The predicted octanol–water partition coefficient (Wildman–Crippen LogP) is 1.91. The predicted molar refractivity (Wildman–Crippen MR) is 44.7 cm³/mol. The van der Waals surface area contributed by atoms with Crippen LogP contribution in [0.15, 0.2) is 6.07 Å². The summed E-state index contributed by atoms with van der Waals surface area (Å²) in [6, 6.07) is 1.53. The Morgan fingerprint density at radius 3 is 2.64 bits per heavy atom. The van der Waals surface area contributed by atoms with Gasteiger partial charge in [-0.2, -0.15) is 18.3 Å². The highest BCUT2D eigenvalue weighted by Gasteiger charge is 2.32. The molecule has 3 nitrogen and oxygen atoms in total. The Kier molecular flexibility index (Phi) is 1.94. The summed E-state index contributed by atoms with van der Waals surface area (Å²) in [4.78, 5) is 0. The molecule has 1 aromatic rings. The third-order valence-corrected chi connectivity index (χ3v) is 2.15. The van der Waals surface area contributed by atoms with Crippen molar-refractivity contribution >= 4 is 5.82 Å². The van der Waals surface area contributed by atoms with Gasteiger partial charge in [0.25, 0.3) is 0 Å². The first kappa shape index (κ1) is 9.36. The molecule has 1 aliphatic carbocycles. The van der Waals surface area contributed by atoms with E-state index in [-0.39, 0.29) is 5.82 Å². The van der Waals surface area contributed by atoms with E-state index in [9.17, 15) is 13.2 Å². The Morgan fingerprint density at radius 2 is 2.14 bits per heavy atom. The SMILES string of the molecule is Nc1cc(C2CC2)nn1CC(F)(F)F. The molecule has 0 unspecified atom stereocenters. The molecule has 0 amide bonds. The average molecular weight is 205 g/mol. The normalized spacial score (nSPS) is 17.4. The molecule has 1 aromatic heterocycles. The molecule has 6 heteroatoms. The van der Waals surface area contributed by atoms with Crippen molar-refractivity contribution in [2.75, 3.05) is 5.73 Å². The van der Waals surface area contributed by atoms with Gasteiger partial charge in [0, 0.05) is 12.0 Å². The lowest BCUT2D eigenvalue weighted by Gasteiger charge is -2.07. The first-order valence-corrected chi connectivity index (χ1v) is 4.36. The number of rotatable bonds is 2. The van der Waals surface area contributed by atoms with Gasteiger partial charge in [0.1, 0.15) is 12.4 Å². The molecule has 2 N–H and O–H groups in total. The number of nitrogen functional groups attached to an aromatic ring is 1. The molecule has 1 heterocycles. The van der Waals surface area contributed by atoms with Gasteiger partial charge in [-0.25, -0.2) is 4.68 Å². The van der Waals surface area contributed by atoms with Crippen LogP contribution in [0.3, 0.4) is 0 Å². The Morgan fingerprint density at radius 1 is 1.50 bits per heavy atom. The first-order valence-electron chi connectivity index (χ1n) is 4.36. The zero-order valence-electron chi connectivity index (χ0n) is 7.38. The number of aromatic nitrogens is 2. The second-order valence-corrected chi connectivity index (χ2v) is 3.54. The Labute approximate surface area is 78.7 Å². The molecule has 14 heavy (non-hydrogen) atoms. The van der Waals surface area contributed by atoms with Gasteiger partial charge in [0.05, 0.1) is 5.69 Å². The summed E-state index contributed by atoms with van der Waals surface area (Å²) < 4.78 is 36.9. The summed E-state index contributed by atoms with van der Waals surface area (Å²) >= 11 is 0. The van der Waals surface area contributed by atoms with Crippen LogP contribution in [0, 0.1) is 0 Å². The van der Waals surface area contributed by atoms with Crippen molar-refractivity contribution in [2.45, 2.75) is 31.5 Å². The van der Waals surface area contributed by atoms with Crippen molar-refractivity contribution in [3.05, 3.63) is 11.8 Å². The van der Waals surface area contributed by atoms with Crippen LogP contribution in [0.5, 0.6) is 0 Å². The molecule has 2 rings (SSSR count). The highest BCUT2D eigenvalue weighted by molar-refractivity contribution is 5.33. The lowest BCUT2D eigenvalue weighted by atomic mass is 10.3.